The van der Waals surface area contributed by atoms with Crippen LogP contribution in [-0.4, -0.2) is 6.10 Å². The lowest BCUT2D eigenvalue weighted by Crippen LogP contribution is -2.37. The molecule has 4 rings (SSSR count). The van der Waals surface area contributed by atoms with Gasteiger partial charge in [0.2, 0.25) is 0 Å². The van der Waals surface area contributed by atoms with E-state index in [0.717, 1.165) is 11.8 Å². The van der Waals surface area contributed by atoms with Crippen molar-refractivity contribution in [3.05, 3.63) is 35.4 Å². The van der Waals surface area contributed by atoms with Crippen LogP contribution in [-0.2, 0) is 11.2 Å². The number of ether oxygens (including phenoxy) is 1. The number of benzene rings is 1. The fourth-order valence-electron chi connectivity index (χ4n) is 5.21. The minimum absolute atomic E-state index is 0.345. The molecule has 0 saturated heterocycles. The standard InChI is InChI=1S/C19H26O/c1-13(19(2)12-14-7-9-16(19)11-14)20-18-10-8-15-5-3-4-6-17(15)18/h3-6,13-14,16,18H,7-12H2,1-2H3. The van der Waals surface area contributed by atoms with Gasteiger partial charge in [-0.1, -0.05) is 37.6 Å². The maximum atomic E-state index is 6.58. The molecule has 0 spiro atoms. The SMILES string of the molecule is CC(OC1CCc2ccccc21)C1(C)CC2CCC1C2. The Morgan fingerprint density at radius 3 is 2.80 bits per heavy atom. The van der Waals surface area contributed by atoms with Crippen LogP contribution in [0.3, 0.4) is 0 Å². The Bertz CT molecular complexity index is 508. The van der Waals surface area contributed by atoms with Crippen molar-refractivity contribution in [3.63, 3.8) is 0 Å². The van der Waals surface area contributed by atoms with E-state index in [1.807, 2.05) is 0 Å². The first-order valence-electron chi connectivity index (χ1n) is 8.40. The number of hydrogen-bond acceptors (Lipinski definition) is 1. The first-order valence-corrected chi connectivity index (χ1v) is 8.40. The van der Waals surface area contributed by atoms with Crippen molar-refractivity contribution in [2.75, 3.05) is 0 Å². The average Bonchev–Trinajstić information content (AvgIpc) is 3.13. The van der Waals surface area contributed by atoms with E-state index in [9.17, 15) is 0 Å². The van der Waals surface area contributed by atoms with E-state index in [1.54, 1.807) is 0 Å². The largest absolute Gasteiger partial charge is 0.370 e. The van der Waals surface area contributed by atoms with Crippen LogP contribution in [0.5, 0.6) is 0 Å². The molecule has 0 aromatic heterocycles. The quantitative estimate of drug-likeness (QED) is 0.758. The molecule has 1 aromatic carbocycles. The summed E-state index contributed by atoms with van der Waals surface area (Å²) in [5.41, 5.74) is 3.38. The Hall–Kier alpha value is -0.820. The highest BCUT2D eigenvalue weighted by atomic mass is 16.5. The summed E-state index contributed by atoms with van der Waals surface area (Å²) in [6, 6.07) is 8.85. The van der Waals surface area contributed by atoms with E-state index >= 15 is 0 Å². The highest BCUT2D eigenvalue weighted by molar-refractivity contribution is 5.33. The molecule has 1 aromatic rings. The first-order chi connectivity index (χ1) is 9.67. The summed E-state index contributed by atoms with van der Waals surface area (Å²) in [6.45, 7) is 4.82. The van der Waals surface area contributed by atoms with Crippen molar-refractivity contribution in [1.29, 1.82) is 0 Å². The normalized spacial score (nSPS) is 40.0. The van der Waals surface area contributed by atoms with Gasteiger partial charge >= 0.3 is 0 Å². The van der Waals surface area contributed by atoms with Crippen LogP contribution in [0.2, 0.25) is 0 Å². The number of fused-ring (bicyclic) bond motifs is 3. The monoisotopic (exact) mass is 270 g/mol. The molecule has 0 N–H and O–H groups in total. The van der Waals surface area contributed by atoms with Gasteiger partial charge in [0.15, 0.2) is 0 Å². The zero-order chi connectivity index (χ0) is 13.7. The number of aryl methyl sites for hydroxylation is 1. The van der Waals surface area contributed by atoms with Gasteiger partial charge in [-0.3, -0.25) is 0 Å². The van der Waals surface area contributed by atoms with Crippen molar-refractivity contribution in [3.8, 4) is 0 Å². The van der Waals surface area contributed by atoms with Crippen molar-refractivity contribution >= 4 is 0 Å². The Balaban J connectivity index is 1.50. The first kappa shape index (κ1) is 12.9. The van der Waals surface area contributed by atoms with Gasteiger partial charge < -0.3 is 4.74 Å². The van der Waals surface area contributed by atoms with Crippen LogP contribution in [0.4, 0.5) is 0 Å². The molecule has 5 atom stereocenters. The predicted molar refractivity (Wildman–Crippen MR) is 81.6 cm³/mol. The molecule has 3 aliphatic rings. The zero-order valence-electron chi connectivity index (χ0n) is 12.8. The predicted octanol–water partition coefficient (Wildman–Crippen LogP) is 4.91. The molecule has 108 valence electrons. The van der Waals surface area contributed by atoms with Crippen LogP contribution in [0.1, 0.15) is 63.2 Å². The molecule has 20 heavy (non-hydrogen) atoms. The Kier molecular flexibility index (Phi) is 2.96. The van der Waals surface area contributed by atoms with E-state index < -0.39 is 0 Å². The third-order valence-electron chi connectivity index (χ3n) is 6.58. The van der Waals surface area contributed by atoms with Gasteiger partial charge in [0.05, 0.1) is 12.2 Å². The summed E-state index contributed by atoms with van der Waals surface area (Å²) in [6.07, 6.45) is 8.88. The van der Waals surface area contributed by atoms with Gasteiger partial charge in [-0.2, -0.15) is 0 Å². The van der Waals surface area contributed by atoms with Gasteiger partial charge in [0.1, 0.15) is 0 Å². The number of hydrogen-bond donors (Lipinski definition) is 0. The van der Waals surface area contributed by atoms with Gasteiger partial charge in [-0.15, -0.1) is 0 Å². The second-order valence-electron chi connectivity index (χ2n) is 7.59. The lowest BCUT2D eigenvalue weighted by atomic mass is 9.71. The summed E-state index contributed by atoms with van der Waals surface area (Å²) < 4.78 is 6.58. The van der Waals surface area contributed by atoms with Crippen LogP contribution < -0.4 is 0 Å². The fourth-order valence-corrected chi connectivity index (χ4v) is 5.21. The van der Waals surface area contributed by atoms with Crippen molar-refractivity contribution < 1.29 is 4.74 Å². The Morgan fingerprint density at radius 1 is 1.20 bits per heavy atom. The zero-order valence-corrected chi connectivity index (χ0v) is 12.8. The lowest BCUT2D eigenvalue weighted by molar-refractivity contribution is -0.0884. The second kappa shape index (κ2) is 4.59. The number of rotatable bonds is 3. The van der Waals surface area contributed by atoms with Crippen LogP contribution >= 0.6 is 0 Å². The lowest BCUT2D eigenvalue weighted by Gasteiger charge is -2.40. The Labute approximate surface area is 122 Å². The maximum absolute atomic E-state index is 6.58. The molecule has 0 radical (unpaired) electrons. The molecule has 2 fully saturated rings. The average molecular weight is 270 g/mol. The van der Waals surface area contributed by atoms with E-state index in [-0.39, 0.29) is 0 Å². The van der Waals surface area contributed by atoms with E-state index in [4.69, 9.17) is 4.74 Å². The highest BCUT2D eigenvalue weighted by Gasteiger charge is 2.51. The van der Waals surface area contributed by atoms with Crippen LogP contribution in [0.15, 0.2) is 24.3 Å². The smallest absolute Gasteiger partial charge is 0.0834 e. The van der Waals surface area contributed by atoms with Gasteiger partial charge in [0.25, 0.3) is 0 Å². The molecule has 2 saturated carbocycles. The molecule has 5 unspecified atom stereocenters. The summed E-state index contributed by atoms with van der Waals surface area (Å²) in [5.74, 6) is 1.91. The molecule has 2 bridgehead atoms. The van der Waals surface area contributed by atoms with Gasteiger partial charge in [-0.05, 0) is 67.4 Å². The van der Waals surface area contributed by atoms with E-state index in [2.05, 4.69) is 38.1 Å². The molecule has 3 aliphatic carbocycles. The van der Waals surface area contributed by atoms with Gasteiger partial charge in [-0.25, -0.2) is 0 Å². The van der Waals surface area contributed by atoms with Gasteiger partial charge in [0, 0.05) is 0 Å². The Morgan fingerprint density at radius 2 is 2.05 bits per heavy atom. The second-order valence-corrected chi connectivity index (χ2v) is 7.59. The summed E-state index contributed by atoms with van der Waals surface area (Å²) >= 11 is 0. The minimum atomic E-state index is 0.345. The molecule has 0 aliphatic heterocycles. The van der Waals surface area contributed by atoms with Crippen molar-refractivity contribution in [2.45, 2.75) is 64.6 Å². The molecule has 1 nitrogen and oxygen atoms in total. The van der Waals surface area contributed by atoms with Crippen molar-refractivity contribution in [1.82, 2.24) is 0 Å². The minimum Gasteiger partial charge on any atom is -0.370 e. The highest BCUT2D eigenvalue weighted by Crippen LogP contribution is 2.58. The fraction of sp³-hybridized carbons (Fsp3) is 0.684. The molecule has 1 heteroatoms. The summed E-state index contributed by atoms with van der Waals surface area (Å²) in [7, 11) is 0. The van der Waals surface area contributed by atoms with Crippen molar-refractivity contribution in [2.24, 2.45) is 17.3 Å². The summed E-state index contributed by atoms with van der Waals surface area (Å²) in [5, 5.41) is 0. The molecule has 0 heterocycles. The molecule has 0 amide bonds. The molecular weight excluding hydrogens is 244 g/mol. The summed E-state index contributed by atoms with van der Waals surface area (Å²) in [4.78, 5) is 0. The van der Waals surface area contributed by atoms with Crippen LogP contribution in [0, 0.1) is 17.3 Å². The topological polar surface area (TPSA) is 9.23 Å². The maximum Gasteiger partial charge on any atom is 0.0834 e. The van der Waals surface area contributed by atoms with Crippen LogP contribution in [0.25, 0.3) is 0 Å². The molecular formula is C19H26O. The third-order valence-corrected chi connectivity index (χ3v) is 6.58. The third kappa shape index (κ3) is 1.86. The van der Waals surface area contributed by atoms with E-state index in [0.29, 0.717) is 17.6 Å². The van der Waals surface area contributed by atoms with E-state index in [1.165, 1.54) is 49.7 Å².